The number of hydrogen-bond donors (Lipinski definition) is 1. The first-order chi connectivity index (χ1) is 14.9. The summed E-state index contributed by atoms with van der Waals surface area (Å²) in [6, 6.07) is 16.3. The van der Waals surface area contributed by atoms with Crippen molar-refractivity contribution in [2.24, 2.45) is 0 Å². The summed E-state index contributed by atoms with van der Waals surface area (Å²) in [5, 5.41) is 9.72. The molecule has 0 bridgehead atoms. The Balaban J connectivity index is 1.78. The lowest BCUT2D eigenvalue weighted by Gasteiger charge is -2.19. The normalized spacial score (nSPS) is 15.3. The van der Waals surface area contributed by atoms with E-state index in [0.717, 1.165) is 24.0 Å². The van der Waals surface area contributed by atoms with Crippen LogP contribution < -0.4 is 4.90 Å². The Hall–Kier alpha value is -3.18. The van der Waals surface area contributed by atoms with Crippen LogP contribution >= 0.6 is 11.6 Å². The molecule has 31 heavy (non-hydrogen) atoms. The molecule has 1 amide bonds. The van der Waals surface area contributed by atoms with Crippen molar-refractivity contribution in [1.29, 1.82) is 0 Å². The lowest BCUT2D eigenvalue weighted by molar-refractivity contribution is -0.118. The molecule has 1 aliphatic heterocycles. The molecule has 0 spiro atoms. The molecule has 1 heterocycles. The van der Waals surface area contributed by atoms with Gasteiger partial charge in [-0.1, -0.05) is 43.1 Å². The molecule has 6 heteroatoms. The Morgan fingerprint density at radius 2 is 1.81 bits per heavy atom. The number of benzene rings is 3. The van der Waals surface area contributed by atoms with Crippen molar-refractivity contribution in [2.75, 3.05) is 4.90 Å². The number of amides is 1. The number of anilines is 2. The van der Waals surface area contributed by atoms with Crippen LogP contribution in [0.3, 0.4) is 0 Å². The fourth-order valence-electron chi connectivity index (χ4n) is 4.21. The second kappa shape index (κ2) is 8.52. The summed E-state index contributed by atoms with van der Waals surface area (Å²) in [6.07, 6.45) is 2.05. The number of carboxylic acids is 1. The molecule has 3 aromatic carbocycles. The number of nitrogens with zero attached hydrogens (tertiary/aromatic N) is 1. The monoisotopic (exact) mass is 437 g/mol. The van der Waals surface area contributed by atoms with Gasteiger partial charge in [0.25, 0.3) is 0 Å². The number of hydrogen-bond acceptors (Lipinski definition) is 2. The maximum Gasteiger partial charge on any atom is 0.335 e. The summed E-state index contributed by atoms with van der Waals surface area (Å²) in [7, 11) is 0. The summed E-state index contributed by atoms with van der Waals surface area (Å²) in [5.74, 6) is -2.47. The zero-order chi connectivity index (χ0) is 22.1. The van der Waals surface area contributed by atoms with Crippen molar-refractivity contribution in [3.63, 3.8) is 0 Å². The number of aromatic carboxylic acids is 1. The second-order valence-electron chi connectivity index (χ2n) is 7.58. The average Bonchev–Trinajstić information content (AvgIpc) is 3.03. The summed E-state index contributed by atoms with van der Waals surface area (Å²) in [6.45, 7) is 2.07. The van der Waals surface area contributed by atoms with Crippen LogP contribution in [0.1, 0.15) is 46.3 Å². The van der Waals surface area contributed by atoms with Gasteiger partial charge in [-0.15, -0.1) is 0 Å². The molecule has 1 atom stereocenters. The first kappa shape index (κ1) is 21.1. The molecular formula is C25H21ClFNO3. The summed E-state index contributed by atoms with van der Waals surface area (Å²) < 4.78 is 14.9. The van der Waals surface area contributed by atoms with Crippen LogP contribution in [-0.2, 0) is 17.6 Å². The molecule has 0 radical (unpaired) electrons. The fraction of sp³-hybridized carbons (Fsp3) is 0.200. The molecular weight excluding hydrogens is 417 g/mol. The molecule has 3 aromatic rings. The van der Waals surface area contributed by atoms with Crippen LogP contribution in [0.2, 0.25) is 5.02 Å². The average molecular weight is 438 g/mol. The van der Waals surface area contributed by atoms with Crippen LogP contribution in [0.15, 0.2) is 60.7 Å². The van der Waals surface area contributed by atoms with E-state index in [1.807, 2.05) is 12.1 Å². The molecule has 0 saturated heterocycles. The predicted octanol–water partition coefficient (Wildman–Crippen LogP) is 6.13. The number of carboxylic acid groups (broad SMARTS) is 1. The number of rotatable bonds is 6. The molecule has 4 nitrogen and oxygen atoms in total. The Labute approximate surface area is 184 Å². The third kappa shape index (κ3) is 3.81. The fourth-order valence-corrected chi connectivity index (χ4v) is 4.48. The highest BCUT2D eigenvalue weighted by atomic mass is 35.5. The van der Waals surface area contributed by atoms with E-state index in [4.69, 9.17) is 16.7 Å². The van der Waals surface area contributed by atoms with E-state index < -0.39 is 17.7 Å². The lowest BCUT2D eigenvalue weighted by Crippen LogP contribution is -2.25. The molecule has 1 unspecified atom stereocenters. The highest BCUT2D eigenvalue weighted by Gasteiger charge is 2.40. The first-order valence-electron chi connectivity index (χ1n) is 10.1. The second-order valence-corrected chi connectivity index (χ2v) is 7.99. The van der Waals surface area contributed by atoms with Crippen molar-refractivity contribution in [3.8, 4) is 0 Å². The Morgan fingerprint density at radius 1 is 1.10 bits per heavy atom. The summed E-state index contributed by atoms with van der Waals surface area (Å²) in [4.78, 5) is 26.2. The minimum Gasteiger partial charge on any atom is -0.478 e. The zero-order valence-electron chi connectivity index (χ0n) is 16.9. The third-order valence-electron chi connectivity index (χ3n) is 5.65. The van der Waals surface area contributed by atoms with E-state index >= 15 is 0 Å². The number of carbonyl (C=O) groups is 2. The topological polar surface area (TPSA) is 57.6 Å². The molecule has 1 aliphatic rings. The van der Waals surface area contributed by atoms with Gasteiger partial charge in [0.15, 0.2) is 0 Å². The van der Waals surface area contributed by atoms with Gasteiger partial charge in [0.2, 0.25) is 5.91 Å². The van der Waals surface area contributed by atoms with Gasteiger partial charge in [-0.05, 0) is 66.4 Å². The van der Waals surface area contributed by atoms with E-state index in [0.29, 0.717) is 28.4 Å². The van der Waals surface area contributed by atoms with Gasteiger partial charge < -0.3 is 5.11 Å². The van der Waals surface area contributed by atoms with E-state index in [9.17, 15) is 14.0 Å². The summed E-state index contributed by atoms with van der Waals surface area (Å²) in [5.41, 5.74) is 3.36. The van der Waals surface area contributed by atoms with Gasteiger partial charge in [-0.25, -0.2) is 9.18 Å². The van der Waals surface area contributed by atoms with Crippen molar-refractivity contribution in [3.05, 3.63) is 93.8 Å². The highest BCUT2D eigenvalue weighted by molar-refractivity contribution is 6.31. The molecule has 0 aliphatic carbocycles. The standard InChI is InChI=1S/C25H21ClFNO3/c1-2-5-15-6-3-7-20(26)18(15)14-19-23-21(27)8-4-9-22(23)28(24(19)29)17-12-10-16(11-13-17)25(30)31/h3-4,6-13,19H,2,5,14H2,1H3,(H,30,31). The van der Waals surface area contributed by atoms with Crippen LogP contribution in [-0.4, -0.2) is 17.0 Å². The predicted molar refractivity (Wildman–Crippen MR) is 119 cm³/mol. The van der Waals surface area contributed by atoms with Gasteiger partial charge in [-0.2, -0.15) is 0 Å². The van der Waals surface area contributed by atoms with Crippen molar-refractivity contribution in [2.45, 2.75) is 32.1 Å². The molecule has 0 aromatic heterocycles. The molecule has 1 N–H and O–H groups in total. The lowest BCUT2D eigenvalue weighted by atomic mass is 9.89. The van der Waals surface area contributed by atoms with Crippen molar-refractivity contribution in [1.82, 2.24) is 0 Å². The Kier molecular flexibility index (Phi) is 5.79. The van der Waals surface area contributed by atoms with Crippen LogP contribution in [0.5, 0.6) is 0 Å². The van der Waals surface area contributed by atoms with Gasteiger partial charge in [0, 0.05) is 16.3 Å². The van der Waals surface area contributed by atoms with Crippen molar-refractivity contribution < 1.29 is 19.1 Å². The molecule has 158 valence electrons. The maximum absolute atomic E-state index is 14.9. The number of aryl methyl sites for hydroxylation is 1. The quantitative estimate of drug-likeness (QED) is 0.504. The third-order valence-corrected chi connectivity index (χ3v) is 6.01. The van der Waals surface area contributed by atoms with Gasteiger partial charge >= 0.3 is 5.97 Å². The maximum atomic E-state index is 14.9. The number of halogens is 2. The Morgan fingerprint density at radius 3 is 2.48 bits per heavy atom. The molecule has 0 fully saturated rings. The first-order valence-corrected chi connectivity index (χ1v) is 10.5. The van der Waals surface area contributed by atoms with Crippen LogP contribution in [0, 0.1) is 5.82 Å². The van der Waals surface area contributed by atoms with E-state index in [2.05, 4.69) is 6.92 Å². The van der Waals surface area contributed by atoms with Gasteiger partial charge in [0.1, 0.15) is 5.82 Å². The smallest absolute Gasteiger partial charge is 0.335 e. The molecule has 0 saturated carbocycles. The SMILES string of the molecule is CCCc1cccc(Cl)c1CC1C(=O)N(c2ccc(C(=O)O)cc2)c2cccc(F)c21. The minimum atomic E-state index is -1.05. The molecule has 4 rings (SSSR count). The number of fused-ring (bicyclic) bond motifs is 1. The van der Waals surface area contributed by atoms with E-state index in [-0.39, 0.29) is 11.5 Å². The van der Waals surface area contributed by atoms with Gasteiger partial charge in [-0.3, -0.25) is 9.69 Å². The number of carbonyl (C=O) groups excluding carboxylic acids is 1. The van der Waals surface area contributed by atoms with E-state index in [1.165, 1.54) is 23.1 Å². The van der Waals surface area contributed by atoms with Crippen LogP contribution in [0.25, 0.3) is 0 Å². The highest BCUT2D eigenvalue weighted by Crippen LogP contribution is 2.45. The van der Waals surface area contributed by atoms with Crippen molar-refractivity contribution >= 4 is 34.9 Å². The zero-order valence-corrected chi connectivity index (χ0v) is 17.7. The minimum absolute atomic E-state index is 0.117. The Bertz CT molecular complexity index is 1160. The van der Waals surface area contributed by atoms with Gasteiger partial charge in [0.05, 0.1) is 17.2 Å². The van der Waals surface area contributed by atoms with E-state index in [1.54, 1.807) is 30.3 Å². The largest absolute Gasteiger partial charge is 0.478 e. The summed E-state index contributed by atoms with van der Waals surface area (Å²) >= 11 is 6.48. The van der Waals surface area contributed by atoms with Crippen LogP contribution in [0.4, 0.5) is 15.8 Å².